The average molecular weight is 494 g/mol. The second-order valence-corrected chi connectivity index (χ2v) is 9.62. The third-order valence-corrected chi connectivity index (χ3v) is 6.84. The monoisotopic (exact) mass is 493 g/mol. The lowest BCUT2D eigenvalue weighted by atomic mass is 9.86. The van der Waals surface area contributed by atoms with E-state index in [0.717, 1.165) is 28.1 Å². The van der Waals surface area contributed by atoms with Gasteiger partial charge in [0, 0.05) is 17.9 Å². The molecule has 0 radical (unpaired) electrons. The van der Waals surface area contributed by atoms with Crippen molar-refractivity contribution in [1.29, 1.82) is 0 Å². The molecule has 3 aromatic heterocycles. The first-order valence-corrected chi connectivity index (χ1v) is 12.3. The van der Waals surface area contributed by atoms with Gasteiger partial charge in [-0.05, 0) is 41.7 Å². The Morgan fingerprint density at radius 2 is 1.84 bits per heavy atom. The summed E-state index contributed by atoms with van der Waals surface area (Å²) in [5, 5.41) is 7.75. The number of amides is 1. The first kappa shape index (κ1) is 22.9. The van der Waals surface area contributed by atoms with Crippen molar-refractivity contribution < 1.29 is 9.53 Å². The Morgan fingerprint density at radius 1 is 1.05 bits per heavy atom. The second kappa shape index (κ2) is 9.16. The number of aromatic nitrogens is 6. The average Bonchev–Trinajstić information content (AvgIpc) is 3.52. The molecule has 4 heterocycles. The van der Waals surface area contributed by atoms with Crippen LogP contribution in [0.25, 0.3) is 17.0 Å². The Balaban J connectivity index is 1.26. The molecule has 2 aromatic carbocycles. The number of aromatic amines is 1. The third-order valence-electron chi connectivity index (χ3n) is 6.84. The number of hydrogen-bond acceptors (Lipinski definition) is 6. The number of fused-ring (bicyclic) bond motifs is 2. The number of nitrogens with one attached hydrogen (secondary N) is 2. The largest absolute Gasteiger partial charge is 0.489 e. The van der Waals surface area contributed by atoms with E-state index in [1.807, 2.05) is 31.2 Å². The number of nitrogens with zero attached hydrogens (tertiary/aromatic N) is 5. The van der Waals surface area contributed by atoms with E-state index in [4.69, 9.17) is 9.84 Å². The quantitative estimate of drug-likeness (QED) is 0.344. The van der Waals surface area contributed by atoms with Crippen molar-refractivity contribution in [2.45, 2.75) is 45.6 Å². The van der Waals surface area contributed by atoms with Gasteiger partial charge in [-0.1, -0.05) is 50.2 Å². The number of benzene rings is 2. The topological polar surface area (TPSA) is 111 Å². The molecule has 5 aromatic rings. The maximum absolute atomic E-state index is 12.8. The summed E-state index contributed by atoms with van der Waals surface area (Å²) in [4.78, 5) is 28.7. The summed E-state index contributed by atoms with van der Waals surface area (Å²) in [5.74, 6) is 2.25. The predicted molar refractivity (Wildman–Crippen MR) is 140 cm³/mol. The SMILES string of the molecule is Cc1nn(-c2ncnc3nc[nH]c23)c2c1C(c1ccc(OCc3ccc(C(C)C)cc3)cc1)CC(=O)N2. The number of H-pyrrole nitrogens is 1. The number of hydrogen-bond donors (Lipinski definition) is 2. The molecular formula is C28H27N7O2. The van der Waals surface area contributed by atoms with Gasteiger partial charge in [0.25, 0.3) is 0 Å². The van der Waals surface area contributed by atoms with Gasteiger partial charge in [0.05, 0.1) is 12.0 Å². The molecule has 0 fully saturated rings. The lowest BCUT2D eigenvalue weighted by Gasteiger charge is -2.24. The molecule has 1 aliphatic rings. The Morgan fingerprint density at radius 3 is 2.59 bits per heavy atom. The van der Waals surface area contributed by atoms with Crippen LogP contribution in [0.1, 0.15) is 60.1 Å². The van der Waals surface area contributed by atoms with E-state index in [9.17, 15) is 4.79 Å². The molecule has 9 heteroatoms. The molecule has 2 N–H and O–H groups in total. The molecule has 1 aliphatic heterocycles. The van der Waals surface area contributed by atoms with E-state index in [2.05, 4.69) is 63.4 Å². The van der Waals surface area contributed by atoms with E-state index in [-0.39, 0.29) is 11.8 Å². The summed E-state index contributed by atoms with van der Waals surface area (Å²) in [7, 11) is 0. The number of ether oxygens (including phenoxy) is 1. The fraction of sp³-hybridized carbons (Fsp3) is 0.250. The fourth-order valence-electron chi connectivity index (χ4n) is 4.86. The summed E-state index contributed by atoms with van der Waals surface area (Å²) >= 11 is 0. The number of rotatable bonds is 6. The molecule has 1 unspecified atom stereocenters. The van der Waals surface area contributed by atoms with Crippen LogP contribution in [0.15, 0.2) is 61.2 Å². The highest BCUT2D eigenvalue weighted by Crippen LogP contribution is 2.40. The normalized spacial score (nSPS) is 15.1. The number of anilines is 1. The van der Waals surface area contributed by atoms with Gasteiger partial charge in [0.2, 0.25) is 5.91 Å². The van der Waals surface area contributed by atoms with Crippen LogP contribution < -0.4 is 10.1 Å². The lowest BCUT2D eigenvalue weighted by molar-refractivity contribution is -0.116. The van der Waals surface area contributed by atoms with Gasteiger partial charge >= 0.3 is 0 Å². The molecule has 0 saturated carbocycles. The van der Waals surface area contributed by atoms with Crippen molar-refractivity contribution in [2.75, 3.05) is 5.32 Å². The zero-order valence-corrected chi connectivity index (χ0v) is 20.9. The Bertz CT molecular complexity index is 1580. The van der Waals surface area contributed by atoms with Crippen molar-refractivity contribution in [1.82, 2.24) is 29.7 Å². The summed E-state index contributed by atoms with van der Waals surface area (Å²) in [6.07, 6.45) is 3.35. The molecule has 0 spiro atoms. The standard InChI is InChI=1S/C28H27N7O2/c1-16(2)19-6-4-18(5-7-19)13-37-21-10-8-20(9-11-21)22-12-23(36)33-27-24(22)17(3)34-35(27)28-25-26(30-14-29-25)31-15-32-28/h4-11,14-16,22H,12-13H2,1-3H3,(H,33,36)(H,29,30,31,32). The van der Waals surface area contributed by atoms with Crippen LogP contribution in [0.4, 0.5) is 5.82 Å². The number of carbonyl (C=O) groups excluding carboxylic acids is 1. The molecular weight excluding hydrogens is 466 g/mol. The summed E-state index contributed by atoms with van der Waals surface area (Å²) in [6, 6.07) is 16.5. The zero-order chi connectivity index (χ0) is 25.5. The van der Waals surface area contributed by atoms with E-state index < -0.39 is 0 Å². The molecule has 1 atom stereocenters. The minimum atomic E-state index is -0.130. The van der Waals surface area contributed by atoms with Gasteiger partial charge < -0.3 is 15.0 Å². The van der Waals surface area contributed by atoms with Crippen LogP contribution >= 0.6 is 0 Å². The van der Waals surface area contributed by atoms with Gasteiger partial charge in [-0.2, -0.15) is 9.78 Å². The van der Waals surface area contributed by atoms with Crippen molar-refractivity contribution in [3.8, 4) is 11.6 Å². The van der Waals surface area contributed by atoms with E-state index >= 15 is 0 Å². The molecule has 9 nitrogen and oxygen atoms in total. The van der Waals surface area contributed by atoms with Crippen LogP contribution in [0, 0.1) is 6.92 Å². The van der Waals surface area contributed by atoms with Gasteiger partial charge in [0.15, 0.2) is 11.5 Å². The van der Waals surface area contributed by atoms with Crippen molar-refractivity contribution in [2.24, 2.45) is 0 Å². The first-order valence-electron chi connectivity index (χ1n) is 12.3. The van der Waals surface area contributed by atoms with Crippen LogP contribution in [0.3, 0.4) is 0 Å². The lowest BCUT2D eigenvalue weighted by Crippen LogP contribution is -2.25. The summed E-state index contributed by atoms with van der Waals surface area (Å²) in [6.45, 7) is 6.83. The smallest absolute Gasteiger partial charge is 0.226 e. The molecule has 0 saturated heterocycles. The van der Waals surface area contributed by atoms with Crippen molar-refractivity contribution >= 4 is 22.9 Å². The van der Waals surface area contributed by atoms with E-state index in [1.54, 1.807) is 11.0 Å². The van der Waals surface area contributed by atoms with E-state index in [0.29, 0.717) is 41.7 Å². The second-order valence-electron chi connectivity index (χ2n) is 9.62. The van der Waals surface area contributed by atoms with Gasteiger partial charge in [-0.25, -0.2) is 15.0 Å². The van der Waals surface area contributed by atoms with Crippen LogP contribution in [-0.4, -0.2) is 35.6 Å². The van der Waals surface area contributed by atoms with Gasteiger partial charge in [0.1, 0.15) is 30.0 Å². The third kappa shape index (κ3) is 4.22. The highest BCUT2D eigenvalue weighted by molar-refractivity contribution is 5.95. The number of carbonyl (C=O) groups is 1. The fourth-order valence-corrected chi connectivity index (χ4v) is 4.86. The van der Waals surface area contributed by atoms with Gasteiger partial charge in [-0.3, -0.25) is 4.79 Å². The maximum Gasteiger partial charge on any atom is 0.226 e. The molecule has 37 heavy (non-hydrogen) atoms. The Hall–Kier alpha value is -4.53. The first-order chi connectivity index (χ1) is 18.0. The summed E-state index contributed by atoms with van der Waals surface area (Å²) < 4.78 is 7.69. The minimum absolute atomic E-state index is 0.0706. The summed E-state index contributed by atoms with van der Waals surface area (Å²) in [5.41, 5.74) is 6.47. The molecule has 6 rings (SSSR count). The van der Waals surface area contributed by atoms with Crippen molar-refractivity contribution in [3.63, 3.8) is 0 Å². The van der Waals surface area contributed by atoms with Crippen molar-refractivity contribution in [3.05, 3.63) is 89.1 Å². The molecule has 186 valence electrons. The van der Waals surface area contributed by atoms with Crippen LogP contribution in [0.5, 0.6) is 5.75 Å². The molecule has 1 amide bonds. The van der Waals surface area contributed by atoms with Crippen LogP contribution in [-0.2, 0) is 11.4 Å². The zero-order valence-electron chi connectivity index (χ0n) is 20.9. The van der Waals surface area contributed by atoms with Crippen LogP contribution in [0.2, 0.25) is 0 Å². The maximum atomic E-state index is 12.8. The molecule has 0 aliphatic carbocycles. The van der Waals surface area contributed by atoms with Gasteiger partial charge in [-0.15, -0.1) is 0 Å². The Labute approximate surface area is 213 Å². The van der Waals surface area contributed by atoms with E-state index in [1.165, 1.54) is 11.9 Å². The highest BCUT2D eigenvalue weighted by Gasteiger charge is 2.33. The Kier molecular flexibility index (Phi) is 5.67. The highest BCUT2D eigenvalue weighted by atomic mass is 16.5. The number of imidazole rings is 1. The predicted octanol–water partition coefficient (Wildman–Crippen LogP) is 5.02. The minimum Gasteiger partial charge on any atom is -0.489 e. The molecule has 0 bridgehead atoms. The number of aryl methyl sites for hydroxylation is 1.